The fourth-order valence-electron chi connectivity index (χ4n) is 1.96. The predicted octanol–water partition coefficient (Wildman–Crippen LogP) is 0.654. The van der Waals surface area contributed by atoms with E-state index >= 15 is 0 Å². The quantitative estimate of drug-likeness (QED) is 0.754. The minimum absolute atomic E-state index is 0.134. The Morgan fingerprint density at radius 3 is 2.61 bits per heavy atom. The van der Waals surface area contributed by atoms with Crippen LogP contribution in [0.25, 0.3) is 6.08 Å². The highest BCUT2D eigenvalue weighted by Gasteiger charge is 2.27. The number of likely N-dealkylation sites (tertiary alicyclic amines) is 1. The summed E-state index contributed by atoms with van der Waals surface area (Å²) in [6.07, 6.45) is 2.12. The van der Waals surface area contributed by atoms with Gasteiger partial charge in [0.05, 0.1) is 12.2 Å². The summed E-state index contributed by atoms with van der Waals surface area (Å²) in [6.45, 7) is 0.676. The maximum absolute atomic E-state index is 11.9. The number of rotatable bonds is 2. The molecule has 1 saturated heterocycles. The SMILES string of the molecule is O=C(/C=C/c1ccccc1)N1CC[C@@H](O)[C@@H](O)C1. The van der Waals surface area contributed by atoms with Gasteiger partial charge in [0.2, 0.25) is 5.91 Å². The van der Waals surface area contributed by atoms with Crippen molar-refractivity contribution in [1.29, 1.82) is 0 Å². The summed E-state index contributed by atoms with van der Waals surface area (Å²) in [5.41, 5.74) is 0.962. The Labute approximate surface area is 106 Å². The van der Waals surface area contributed by atoms with Gasteiger partial charge < -0.3 is 15.1 Å². The minimum Gasteiger partial charge on any atom is -0.390 e. The summed E-state index contributed by atoms with van der Waals surface area (Å²) in [6, 6.07) is 9.56. The Morgan fingerprint density at radius 2 is 1.94 bits per heavy atom. The monoisotopic (exact) mass is 247 g/mol. The number of hydrogen-bond acceptors (Lipinski definition) is 3. The van der Waals surface area contributed by atoms with Gasteiger partial charge >= 0.3 is 0 Å². The van der Waals surface area contributed by atoms with Gasteiger partial charge in [-0.05, 0) is 18.1 Å². The maximum Gasteiger partial charge on any atom is 0.246 e. The Hall–Kier alpha value is -1.65. The molecule has 0 spiro atoms. The smallest absolute Gasteiger partial charge is 0.246 e. The highest BCUT2D eigenvalue weighted by Crippen LogP contribution is 2.12. The molecule has 0 bridgehead atoms. The van der Waals surface area contributed by atoms with Gasteiger partial charge in [-0.3, -0.25) is 4.79 Å². The van der Waals surface area contributed by atoms with Crippen molar-refractivity contribution < 1.29 is 15.0 Å². The van der Waals surface area contributed by atoms with Crippen molar-refractivity contribution in [2.75, 3.05) is 13.1 Å². The van der Waals surface area contributed by atoms with E-state index < -0.39 is 12.2 Å². The molecule has 0 radical (unpaired) electrons. The van der Waals surface area contributed by atoms with Crippen LogP contribution < -0.4 is 0 Å². The van der Waals surface area contributed by atoms with Crippen LogP contribution in [0.2, 0.25) is 0 Å². The number of aliphatic hydroxyl groups excluding tert-OH is 2. The van der Waals surface area contributed by atoms with Crippen molar-refractivity contribution in [3.8, 4) is 0 Å². The van der Waals surface area contributed by atoms with Crippen molar-refractivity contribution in [1.82, 2.24) is 4.90 Å². The number of nitrogens with zero attached hydrogens (tertiary/aromatic N) is 1. The molecule has 96 valence electrons. The fraction of sp³-hybridized carbons (Fsp3) is 0.357. The van der Waals surface area contributed by atoms with Crippen LogP contribution in [0.15, 0.2) is 36.4 Å². The molecule has 0 unspecified atom stereocenters. The molecule has 1 aromatic rings. The molecule has 2 rings (SSSR count). The average molecular weight is 247 g/mol. The second kappa shape index (κ2) is 5.80. The van der Waals surface area contributed by atoms with Gasteiger partial charge in [-0.25, -0.2) is 0 Å². The third-order valence-corrected chi connectivity index (χ3v) is 3.08. The van der Waals surface area contributed by atoms with Crippen LogP contribution in [-0.2, 0) is 4.79 Å². The highest BCUT2D eigenvalue weighted by molar-refractivity contribution is 5.91. The summed E-state index contributed by atoms with van der Waals surface area (Å²) in [5, 5.41) is 18.9. The van der Waals surface area contributed by atoms with Crippen LogP contribution in [0.1, 0.15) is 12.0 Å². The molecule has 4 heteroatoms. The van der Waals surface area contributed by atoms with Gasteiger partial charge in [-0.2, -0.15) is 0 Å². The predicted molar refractivity (Wildman–Crippen MR) is 68.7 cm³/mol. The summed E-state index contributed by atoms with van der Waals surface area (Å²) in [7, 11) is 0. The Morgan fingerprint density at radius 1 is 1.22 bits per heavy atom. The number of carbonyl (C=O) groups excluding carboxylic acids is 1. The van der Waals surface area contributed by atoms with Crippen LogP contribution in [0.5, 0.6) is 0 Å². The molecule has 0 aromatic heterocycles. The Balaban J connectivity index is 1.94. The lowest BCUT2D eigenvalue weighted by atomic mass is 10.1. The van der Waals surface area contributed by atoms with Crippen molar-refractivity contribution in [3.05, 3.63) is 42.0 Å². The van der Waals surface area contributed by atoms with E-state index in [0.29, 0.717) is 13.0 Å². The second-order valence-corrected chi connectivity index (χ2v) is 4.45. The molecule has 18 heavy (non-hydrogen) atoms. The van der Waals surface area contributed by atoms with Gasteiger partial charge in [0.15, 0.2) is 0 Å². The molecule has 1 heterocycles. The minimum atomic E-state index is -0.840. The van der Waals surface area contributed by atoms with Crippen LogP contribution >= 0.6 is 0 Å². The number of benzene rings is 1. The molecule has 1 aliphatic heterocycles. The number of amides is 1. The summed E-state index contributed by atoms with van der Waals surface area (Å²) in [5.74, 6) is -0.134. The first-order chi connectivity index (χ1) is 8.66. The standard InChI is InChI=1S/C14H17NO3/c16-12-8-9-15(10-13(12)17)14(18)7-6-11-4-2-1-3-5-11/h1-7,12-13,16-17H,8-10H2/b7-6+/t12-,13+/m1/s1. The van der Waals surface area contributed by atoms with E-state index in [2.05, 4.69) is 0 Å². The summed E-state index contributed by atoms with van der Waals surface area (Å²) in [4.78, 5) is 13.4. The molecule has 0 saturated carbocycles. The molecule has 1 aromatic carbocycles. The van der Waals surface area contributed by atoms with Crippen LogP contribution in [0.4, 0.5) is 0 Å². The summed E-state index contributed by atoms with van der Waals surface area (Å²) < 4.78 is 0. The van der Waals surface area contributed by atoms with Gasteiger partial charge in [-0.1, -0.05) is 30.3 Å². The normalized spacial score (nSPS) is 24.4. The van der Waals surface area contributed by atoms with Gasteiger partial charge in [0.1, 0.15) is 0 Å². The Bertz CT molecular complexity index is 430. The lowest BCUT2D eigenvalue weighted by Gasteiger charge is -2.32. The molecule has 2 N–H and O–H groups in total. The van der Waals surface area contributed by atoms with Gasteiger partial charge in [0.25, 0.3) is 0 Å². The van der Waals surface area contributed by atoms with Crippen molar-refractivity contribution in [2.45, 2.75) is 18.6 Å². The van der Waals surface area contributed by atoms with E-state index in [-0.39, 0.29) is 12.5 Å². The highest BCUT2D eigenvalue weighted by atomic mass is 16.3. The zero-order valence-corrected chi connectivity index (χ0v) is 10.1. The van der Waals surface area contributed by atoms with E-state index in [1.807, 2.05) is 30.3 Å². The molecule has 2 atom stereocenters. The topological polar surface area (TPSA) is 60.8 Å². The molecular formula is C14H17NO3. The lowest BCUT2D eigenvalue weighted by Crippen LogP contribution is -2.48. The van der Waals surface area contributed by atoms with Gasteiger partial charge in [0, 0.05) is 19.2 Å². The third kappa shape index (κ3) is 3.18. The van der Waals surface area contributed by atoms with Crippen LogP contribution in [0.3, 0.4) is 0 Å². The molecular weight excluding hydrogens is 230 g/mol. The maximum atomic E-state index is 11.9. The lowest BCUT2D eigenvalue weighted by molar-refractivity contribution is -0.132. The largest absolute Gasteiger partial charge is 0.390 e. The molecule has 0 aliphatic carbocycles. The number of aliphatic hydroxyl groups is 2. The van der Waals surface area contributed by atoms with E-state index in [9.17, 15) is 15.0 Å². The number of piperidine rings is 1. The first-order valence-corrected chi connectivity index (χ1v) is 6.05. The zero-order chi connectivity index (χ0) is 13.0. The third-order valence-electron chi connectivity index (χ3n) is 3.08. The second-order valence-electron chi connectivity index (χ2n) is 4.45. The fourth-order valence-corrected chi connectivity index (χ4v) is 1.96. The average Bonchev–Trinajstić information content (AvgIpc) is 2.40. The Kier molecular flexibility index (Phi) is 4.12. The van der Waals surface area contributed by atoms with Crippen molar-refractivity contribution in [2.24, 2.45) is 0 Å². The summed E-state index contributed by atoms with van der Waals surface area (Å²) >= 11 is 0. The van der Waals surface area contributed by atoms with E-state index in [0.717, 1.165) is 5.56 Å². The van der Waals surface area contributed by atoms with Crippen LogP contribution in [0, 0.1) is 0 Å². The van der Waals surface area contributed by atoms with E-state index in [1.54, 1.807) is 11.0 Å². The van der Waals surface area contributed by atoms with E-state index in [1.165, 1.54) is 6.08 Å². The zero-order valence-electron chi connectivity index (χ0n) is 10.1. The van der Waals surface area contributed by atoms with Crippen molar-refractivity contribution in [3.63, 3.8) is 0 Å². The van der Waals surface area contributed by atoms with Gasteiger partial charge in [-0.15, -0.1) is 0 Å². The van der Waals surface area contributed by atoms with Crippen LogP contribution in [-0.4, -0.2) is 46.3 Å². The molecule has 1 aliphatic rings. The molecule has 4 nitrogen and oxygen atoms in total. The first kappa shape index (κ1) is 12.8. The first-order valence-electron chi connectivity index (χ1n) is 6.05. The number of hydrogen-bond donors (Lipinski definition) is 2. The van der Waals surface area contributed by atoms with E-state index in [4.69, 9.17) is 0 Å². The van der Waals surface area contributed by atoms with Crippen molar-refractivity contribution >= 4 is 12.0 Å². The molecule has 1 amide bonds. The number of β-amino-alcohol motifs (C(OH)–C–C–N with tert-alkyl or cyclic N) is 1. The molecule has 1 fully saturated rings. The number of carbonyl (C=O) groups is 1.